The molecule has 0 aliphatic rings. The van der Waals surface area contributed by atoms with Crippen molar-refractivity contribution in [3.8, 4) is 0 Å². The lowest BCUT2D eigenvalue weighted by Gasteiger charge is -2.15. The van der Waals surface area contributed by atoms with Crippen molar-refractivity contribution in [2.24, 2.45) is 0 Å². The second-order valence-electron chi connectivity index (χ2n) is 3.41. The second kappa shape index (κ2) is 5.60. The van der Waals surface area contributed by atoms with Crippen LogP contribution in [-0.2, 0) is 24.7 Å². The molecule has 16 heavy (non-hydrogen) atoms. The summed E-state index contributed by atoms with van der Waals surface area (Å²) in [5.41, 5.74) is 0. The zero-order chi connectivity index (χ0) is 13.0. The quantitative estimate of drug-likeness (QED) is 0.622. The largest absolute Gasteiger partial charge is 0.481 e. The summed E-state index contributed by atoms with van der Waals surface area (Å²) in [7, 11) is -5.82. The molecule has 0 bridgehead atoms. The molecule has 7 nitrogen and oxygen atoms in total. The maximum atomic E-state index is 11.5. The van der Waals surface area contributed by atoms with E-state index in [0.717, 1.165) is 10.6 Å². The van der Waals surface area contributed by atoms with Gasteiger partial charge in [0.05, 0.1) is 17.9 Å². The molecule has 0 aromatic heterocycles. The number of rotatable bonds is 7. The number of hydrogen-bond acceptors (Lipinski definition) is 5. The van der Waals surface area contributed by atoms with E-state index >= 15 is 0 Å². The van der Waals surface area contributed by atoms with Crippen LogP contribution >= 0.6 is 0 Å². The molecule has 0 amide bonds. The molecule has 0 aliphatic heterocycles. The summed E-state index contributed by atoms with van der Waals surface area (Å²) in [6.07, 6.45) is 0.633. The molecule has 0 unspecified atom stereocenters. The van der Waals surface area contributed by atoms with Crippen molar-refractivity contribution >= 4 is 25.8 Å². The Bertz CT molecular complexity index is 437. The molecule has 1 N–H and O–H groups in total. The maximum Gasteiger partial charge on any atom is 0.304 e. The van der Waals surface area contributed by atoms with Crippen molar-refractivity contribution in [3.05, 3.63) is 0 Å². The number of carbonyl (C=O) groups is 1. The predicted molar refractivity (Wildman–Crippen MR) is 58.4 cm³/mol. The van der Waals surface area contributed by atoms with Crippen LogP contribution in [0.15, 0.2) is 0 Å². The first-order valence-electron chi connectivity index (χ1n) is 4.38. The lowest BCUT2D eigenvalue weighted by Crippen LogP contribution is -2.33. The van der Waals surface area contributed by atoms with Crippen LogP contribution in [0.25, 0.3) is 0 Å². The van der Waals surface area contributed by atoms with Gasteiger partial charge in [0.15, 0.2) is 0 Å². The van der Waals surface area contributed by atoms with Crippen molar-refractivity contribution in [3.63, 3.8) is 0 Å². The molecule has 0 saturated carbocycles. The van der Waals surface area contributed by atoms with E-state index in [1.807, 2.05) is 0 Å². The Morgan fingerprint density at radius 2 is 1.69 bits per heavy atom. The molecule has 0 aromatic carbocycles. The summed E-state index contributed by atoms with van der Waals surface area (Å²) >= 11 is 0. The first-order valence-corrected chi connectivity index (χ1v) is 8.05. The van der Waals surface area contributed by atoms with Gasteiger partial charge >= 0.3 is 5.97 Å². The molecule has 0 aromatic rings. The summed E-state index contributed by atoms with van der Waals surface area (Å²) in [6, 6.07) is 0. The average Bonchev–Trinajstić information content (AvgIpc) is 2.10. The van der Waals surface area contributed by atoms with Crippen molar-refractivity contribution in [2.75, 3.05) is 31.4 Å². The Hall–Kier alpha value is -0.670. The van der Waals surface area contributed by atoms with E-state index in [1.165, 1.54) is 7.05 Å². The van der Waals surface area contributed by atoms with Crippen LogP contribution in [-0.4, -0.2) is 63.6 Å². The molecule has 0 rings (SSSR count). The van der Waals surface area contributed by atoms with Crippen molar-refractivity contribution in [2.45, 2.75) is 6.42 Å². The summed E-state index contributed by atoms with van der Waals surface area (Å²) < 4.78 is 45.3. The first kappa shape index (κ1) is 15.3. The standard InChI is InChI=1S/C7H15NO6S2/c1-8(4-3-7(9)10)16(13,14)6-5-15(2,11)12/h3-6H2,1-2H3,(H,9,10). The maximum absolute atomic E-state index is 11.5. The van der Waals surface area contributed by atoms with Crippen LogP contribution in [0.3, 0.4) is 0 Å². The van der Waals surface area contributed by atoms with Crippen LogP contribution in [0.4, 0.5) is 0 Å². The lowest BCUT2D eigenvalue weighted by molar-refractivity contribution is -0.137. The molecule has 0 atom stereocenters. The third-order valence-corrected chi connectivity index (χ3v) is 4.88. The van der Waals surface area contributed by atoms with Gasteiger partial charge in [-0.25, -0.2) is 21.1 Å². The molecular weight excluding hydrogens is 258 g/mol. The van der Waals surface area contributed by atoms with E-state index < -0.39 is 37.3 Å². The van der Waals surface area contributed by atoms with E-state index in [-0.39, 0.29) is 13.0 Å². The molecule has 0 aliphatic carbocycles. The highest BCUT2D eigenvalue weighted by atomic mass is 32.2. The molecule has 0 heterocycles. The summed E-state index contributed by atoms with van der Waals surface area (Å²) in [4.78, 5) is 10.2. The number of sulfonamides is 1. The van der Waals surface area contributed by atoms with Gasteiger partial charge in [0.25, 0.3) is 0 Å². The summed E-state index contributed by atoms with van der Waals surface area (Å²) in [6.45, 7) is -0.165. The van der Waals surface area contributed by atoms with Crippen molar-refractivity contribution in [1.82, 2.24) is 4.31 Å². The predicted octanol–water partition coefficient (Wildman–Crippen LogP) is -1.23. The SMILES string of the molecule is CN(CCC(=O)O)S(=O)(=O)CCS(C)(=O)=O. The fourth-order valence-electron chi connectivity index (χ4n) is 0.805. The first-order chi connectivity index (χ1) is 7.04. The highest BCUT2D eigenvalue weighted by molar-refractivity contribution is 7.93. The van der Waals surface area contributed by atoms with E-state index in [4.69, 9.17) is 5.11 Å². The number of carboxylic acids is 1. The van der Waals surface area contributed by atoms with E-state index in [2.05, 4.69) is 0 Å². The normalized spacial score (nSPS) is 12.9. The molecule has 0 saturated heterocycles. The highest BCUT2D eigenvalue weighted by Gasteiger charge is 2.20. The zero-order valence-electron chi connectivity index (χ0n) is 9.08. The molecule has 9 heteroatoms. The second-order valence-corrected chi connectivity index (χ2v) is 7.87. The third kappa shape index (κ3) is 6.75. The van der Waals surface area contributed by atoms with Gasteiger partial charge in [-0.3, -0.25) is 4.79 Å². The number of hydrogen-bond donors (Lipinski definition) is 1. The zero-order valence-corrected chi connectivity index (χ0v) is 10.7. The number of carboxylic acid groups (broad SMARTS) is 1. The topological polar surface area (TPSA) is 109 Å². The van der Waals surface area contributed by atoms with Crippen LogP contribution in [0.1, 0.15) is 6.42 Å². The molecule has 0 radical (unpaired) electrons. The fourth-order valence-corrected chi connectivity index (χ4v) is 3.54. The van der Waals surface area contributed by atoms with Gasteiger partial charge in [-0.15, -0.1) is 0 Å². The van der Waals surface area contributed by atoms with Crippen LogP contribution in [0.2, 0.25) is 0 Å². The summed E-state index contributed by atoms with van der Waals surface area (Å²) in [5.74, 6) is -2.10. The third-order valence-electron chi connectivity index (χ3n) is 1.83. The van der Waals surface area contributed by atoms with Gasteiger partial charge < -0.3 is 5.11 Å². The molecular formula is C7H15NO6S2. The van der Waals surface area contributed by atoms with Crippen LogP contribution in [0.5, 0.6) is 0 Å². The Labute approximate surface area is 95.0 Å². The van der Waals surface area contributed by atoms with Crippen LogP contribution in [0, 0.1) is 0 Å². The fraction of sp³-hybridized carbons (Fsp3) is 0.857. The average molecular weight is 273 g/mol. The highest BCUT2D eigenvalue weighted by Crippen LogP contribution is 2.01. The van der Waals surface area contributed by atoms with Gasteiger partial charge in [0.2, 0.25) is 10.0 Å². The van der Waals surface area contributed by atoms with Gasteiger partial charge in [0.1, 0.15) is 9.84 Å². The van der Waals surface area contributed by atoms with E-state index in [1.54, 1.807) is 0 Å². The number of nitrogens with zero attached hydrogens (tertiary/aromatic N) is 1. The Morgan fingerprint density at radius 3 is 2.06 bits per heavy atom. The molecule has 96 valence electrons. The molecule has 0 fully saturated rings. The number of sulfone groups is 1. The van der Waals surface area contributed by atoms with Gasteiger partial charge in [-0.05, 0) is 0 Å². The molecule has 0 spiro atoms. The van der Waals surface area contributed by atoms with Gasteiger partial charge in [0, 0.05) is 19.8 Å². The van der Waals surface area contributed by atoms with E-state index in [0.29, 0.717) is 0 Å². The van der Waals surface area contributed by atoms with Gasteiger partial charge in [-0.1, -0.05) is 0 Å². The minimum atomic E-state index is -3.70. The van der Waals surface area contributed by atoms with Crippen LogP contribution < -0.4 is 0 Å². The van der Waals surface area contributed by atoms with Crippen molar-refractivity contribution < 1.29 is 26.7 Å². The van der Waals surface area contributed by atoms with Crippen molar-refractivity contribution in [1.29, 1.82) is 0 Å². The minimum absolute atomic E-state index is 0.165. The van der Waals surface area contributed by atoms with Gasteiger partial charge in [-0.2, -0.15) is 0 Å². The minimum Gasteiger partial charge on any atom is -0.481 e. The Morgan fingerprint density at radius 1 is 1.19 bits per heavy atom. The summed E-state index contributed by atoms with van der Waals surface area (Å²) in [5, 5.41) is 8.37. The number of aliphatic carboxylic acids is 1. The van der Waals surface area contributed by atoms with E-state index in [9.17, 15) is 21.6 Å². The Balaban J connectivity index is 4.38. The lowest BCUT2D eigenvalue weighted by atomic mass is 10.4. The monoisotopic (exact) mass is 273 g/mol. The smallest absolute Gasteiger partial charge is 0.304 e. The Kier molecular flexibility index (Phi) is 5.36.